The fourth-order valence-corrected chi connectivity index (χ4v) is 3.15. The molecule has 1 atom stereocenters. The molecule has 3 rings (SSSR count). The van der Waals surface area contributed by atoms with Gasteiger partial charge in [0.05, 0.1) is 5.56 Å². The van der Waals surface area contributed by atoms with E-state index in [1.807, 2.05) is 60.7 Å². The summed E-state index contributed by atoms with van der Waals surface area (Å²) in [7, 11) is 0. The second kappa shape index (κ2) is 9.58. The molecule has 0 spiro atoms. The van der Waals surface area contributed by atoms with Gasteiger partial charge in [0.25, 0.3) is 0 Å². The summed E-state index contributed by atoms with van der Waals surface area (Å²) in [5.74, 6) is 5.86. The van der Waals surface area contributed by atoms with Gasteiger partial charge in [-0.3, -0.25) is 11.3 Å². The van der Waals surface area contributed by atoms with Crippen molar-refractivity contribution in [2.45, 2.75) is 25.1 Å². The van der Waals surface area contributed by atoms with E-state index in [0.717, 1.165) is 17.2 Å². The second-order valence-electron chi connectivity index (χ2n) is 6.74. The molecule has 29 heavy (non-hydrogen) atoms. The Bertz CT molecular complexity index is 899. The number of hydrogen-bond donors (Lipinski definition) is 2. The van der Waals surface area contributed by atoms with E-state index in [2.05, 4.69) is 5.43 Å². The monoisotopic (exact) mass is 400 g/mol. The summed E-state index contributed by atoms with van der Waals surface area (Å²) in [5, 5.41) is 0. The number of ether oxygens (including phenoxy) is 1. The molecule has 152 valence electrons. The number of halogens is 3. The summed E-state index contributed by atoms with van der Waals surface area (Å²) in [6.45, 7) is 0.508. The van der Waals surface area contributed by atoms with Crippen molar-refractivity contribution < 1.29 is 17.9 Å². The van der Waals surface area contributed by atoms with Crippen LogP contribution in [-0.4, -0.2) is 6.54 Å². The summed E-state index contributed by atoms with van der Waals surface area (Å²) in [5.41, 5.74) is 4.27. The first-order valence-corrected chi connectivity index (χ1v) is 9.36. The number of alkyl halides is 3. The van der Waals surface area contributed by atoms with Crippen LogP contribution in [0.3, 0.4) is 0 Å². The van der Waals surface area contributed by atoms with Crippen LogP contribution in [-0.2, 0) is 12.6 Å². The third kappa shape index (κ3) is 5.82. The Morgan fingerprint density at radius 3 is 2.17 bits per heavy atom. The van der Waals surface area contributed by atoms with Crippen LogP contribution >= 0.6 is 0 Å². The Hall–Kier alpha value is -2.83. The van der Waals surface area contributed by atoms with Gasteiger partial charge < -0.3 is 4.74 Å². The minimum atomic E-state index is -4.41. The molecule has 0 aliphatic heterocycles. The molecule has 0 radical (unpaired) electrons. The molecule has 0 saturated carbocycles. The highest BCUT2D eigenvalue weighted by atomic mass is 19.4. The van der Waals surface area contributed by atoms with Gasteiger partial charge in [-0.25, -0.2) is 0 Å². The predicted octanol–water partition coefficient (Wildman–Crippen LogP) is 5.27. The van der Waals surface area contributed by atoms with Gasteiger partial charge in [0.15, 0.2) is 0 Å². The number of nitrogens with one attached hydrogen (secondary N) is 1. The molecular weight excluding hydrogens is 377 g/mol. The minimum Gasteiger partial charge on any atom is -0.485 e. The average Bonchev–Trinajstić information content (AvgIpc) is 2.72. The van der Waals surface area contributed by atoms with Crippen LogP contribution in [0.15, 0.2) is 78.9 Å². The highest BCUT2D eigenvalue weighted by Crippen LogP contribution is 2.35. The third-order valence-electron chi connectivity index (χ3n) is 4.62. The summed E-state index contributed by atoms with van der Waals surface area (Å²) < 4.78 is 46.0. The van der Waals surface area contributed by atoms with Crippen molar-refractivity contribution >= 4 is 0 Å². The maximum absolute atomic E-state index is 13.3. The van der Waals surface area contributed by atoms with Gasteiger partial charge in [0.1, 0.15) is 11.9 Å². The Morgan fingerprint density at radius 1 is 0.897 bits per heavy atom. The topological polar surface area (TPSA) is 47.3 Å². The van der Waals surface area contributed by atoms with E-state index in [-0.39, 0.29) is 6.10 Å². The number of benzene rings is 3. The summed E-state index contributed by atoms with van der Waals surface area (Å²) in [4.78, 5) is 0. The molecule has 3 aromatic rings. The number of hydrogen-bond acceptors (Lipinski definition) is 3. The van der Waals surface area contributed by atoms with Gasteiger partial charge in [-0.2, -0.15) is 13.2 Å². The quantitative estimate of drug-likeness (QED) is 0.400. The van der Waals surface area contributed by atoms with E-state index in [4.69, 9.17) is 10.6 Å². The van der Waals surface area contributed by atoms with Crippen molar-refractivity contribution in [1.82, 2.24) is 5.43 Å². The van der Waals surface area contributed by atoms with E-state index < -0.39 is 11.7 Å². The van der Waals surface area contributed by atoms with Gasteiger partial charge in [-0.1, -0.05) is 60.7 Å². The van der Waals surface area contributed by atoms with E-state index in [0.29, 0.717) is 30.7 Å². The fraction of sp³-hybridized carbons (Fsp3) is 0.217. The number of rotatable bonds is 8. The molecule has 3 N–H and O–H groups in total. The zero-order valence-electron chi connectivity index (χ0n) is 15.8. The molecule has 0 bridgehead atoms. The van der Waals surface area contributed by atoms with Gasteiger partial charge in [-0.05, 0) is 34.9 Å². The number of nitrogens with two attached hydrogens (primary N) is 1. The maximum atomic E-state index is 13.3. The molecule has 3 aromatic carbocycles. The van der Waals surface area contributed by atoms with Gasteiger partial charge in [0.2, 0.25) is 0 Å². The first-order chi connectivity index (χ1) is 14.0. The molecule has 0 saturated heterocycles. The van der Waals surface area contributed by atoms with Crippen LogP contribution in [0.1, 0.15) is 34.8 Å². The van der Waals surface area contributed by atoms with Crippen LogP contribution in [0, 0.1) is 0 Å². The largest absolute Gasteiger partial charge is 0.485 e. The first-order valence-electron chi connectivity index (χ1n) is 9.36. The van der Waals surface area contributed by atoms with Gasteiger partial charge in [0, 0.05) is 19.4 Å². The summed E-state index contributed by atoms with van der Waals surface area (Å²) >= 11 is 0. The van der Waals surface area contributed by atoms with E-state index in [9.17, 15) is 13.2 Å². The Labute approximate surface area is 168 Å². The molecule has 0 aromatic heterocycles. The highest BCUT2D eigenvalue weighted by Gasteiger charge is 2.31. The molecule has 0 aliphatic rings. The molecule has 0 fully saturated rings. The van der Waals surface area contributed by atoms with Crippen molar-refractivity contribution in [3.05, 3.63) is 101 Å². The normalized spacial score (nSPS) is 12.6. The molecule has 0 amide bonds. The zero-order valence-corrected chi connectivity index (χ0v) is 15.8. The Kier molecular flexibility index (Phi) is 6.90. The van der Waals surface area contributed by atoms with E-state index in [1.54, 1.807) is 0 Å². The molecule has 0 heterocycles. The predicted molar refractivity (Wildman–Crippen MR) is 107 cm³/mol. The molecule has 6 heteroatoms. The molecular formula is C23H23F3N2O. The van der Waals surface area contributed by atoms with Crippen LogP contribution in [0.5, 0.6) is 5.75 Å². The standard InChI is InChI=1S/C23H23F3N2O/c24-23(25,26)20-11-12-21(19(16-20)15-17-7-3-1-4-8-17)29-22(13-14-28-27)18-9-5-2-6-10-18/h1-12,16,22,28H,13-15,27H2. The molecule has 0 aliphatic carbocycles. The van der Waals surface area contributed by atoms with E-state index in [1.165, 1.54) is 12.1 Å². The SMILES string of the molecule is NNCCC(Oc1ccc(C(F)(F)F)cc1Cc1ccccc1)c1ccccc1. The van der Waals surface area contributed by atoms with Crippen LogP contribution in [0.4, 0.5) is 13.2 Å². The van der Waals surface area contributed by atoms with E-state index >= 15 is 0 Å². The fourth-order valence-electron chi connectivity index (χ4n) is 3.15. The van der Waals surface area contributed by atoms with Crippen molar-refractivity contribution in [1.29, 1.82) is 0 Å². The van der Waals surface area contributed by atoms with Crippen LogP contribution in [0.25, 0.3) is 0 Å². The lowest BCUT2D eigenvalue weighted by atomic mass is 10.0. The van der Waals surface area contributed by atoms with Crippen molar-refractivity contribution in [2.75, 3.05) is 6.54 Å². The third-order valence-corrected chi connectivity index (χ3v) is 4.62. The molecule has 1 unspecified atom stereocenters. The second-order valence-corrected chi connectivity index (χ2v) is 6.74. The minimum absolute atomic E-state index is 0.335. The van der Waals surface area contributed by atoms with Crippen LogP contribution < -0.4 is 16.0 Å². The van der Waals surface area contributed by atoms with Gasteiger partial charge in [-0.15, -0.1) is 0 Å². The molecule has 3 nitrogen and oxygen atoms in total. The average molecular weight is 400 g/mol. The van der Waals surface area contributed by atoms with Crippen molar-refractivity contribution in [3.8, 4) is 5.75 Å². The zero-order chi connectivity index (χ0) is 20.7. The van der Waals surface area contributed by atoms with Crippen molar-refractivity contribution in [3.63, 3.8) is 0 Å². The maximum Gasteiger partial charge on any atom is 0.416 e. The van der Waals surface area contributed by atoms with Gasteiger partial charge >= 0.3 is 6.18 Å². The smallest absolute Gasteiger partial charge is 0.416 e. The number of hydrazine groups is 1. The van der Waals surface area contributed by atoms with Crippen molar-refractivity contribution in [2.24, 2.45) is 5.84 Å². The Balaban J connectivity index is 1.95. The first kappa shape index (κ1) is 20.9. The highest BCUT2D eigenvalue weighted by molar-refractivity contribution is 5.42. The summed E-state index contributed by atoms with van der Waals surface area (Å²) in [6.07, 6.45) is -3.83. The summed E-state index contributed by atoms with van der Waals surface area (Å²) in [6, 6.07) is 22.6. The Morgan fingerprint density at radius 2 is 1.55 bits per heavy atom. The lowest BCUT2D eigenvalue weighted by Crippen LogP contribution is -2.25. The lowest BCUT2D eigenvalue weighted by molar-refractivity contribution is -0.137. The lowest BCUT2D eigenvalue weighted by Gasteiger charge is -2.22. The van der Waals surface area contributed by atoms with Crippen LogP contribution in [0.2, 0.25) is 0 Å².